The SMILES string of the molecule is Cc1c(C(=O)N(C)C2CCC(C)CC2)sc2nc3n(c(=O)c12)CCCCC3. The lowest BCUT2D eigenvalue weighted by molar-refractivity contribution is 0.0684. The molecule has 0 radical (unpaired) electrons. The number of carbonyl (C=O) groups excluding carboxylic acids is 1. The summed E-state index contributed by atoms with van der Waals surface area (Å²) in [6, 6.07) is 0.309. The van der Waals surface area contributed by atoms with Gasteiger partial charge in [0.2, 0.25) is 0 Å². The molecule has 146 valence electrons. The van der Waals surface area contributed by atoms with Gasteiger partial charge in [-0.1, -0.05) is 13.3 Å². The van der Waals surface area contributed by atoms with Crippen molar-refractivity contribution in [1.29, 1.82) is 0 Å². The monoisotopic (exact) mass is 387 g/mol. The van der Waals surface area contributed by atoms with Gasteiger partial charge in [-0.25, -0.2) is 4.98 Å². The van der Waals surface area contributed by atoms with Crippen LogP contribution in [-0.2, 0) is 13.0 Å². The van der Waals surface area contributed by atoms with Gasteiger partial charge < -0.3 is 4.90 Å². The first-order valence-corrected chi connectivity index (χ1v) is 11.1. The predicted octanol–water partition coefficient (Wildman–Crippen LogP) is 4.14. The molecule has 3 heterocycles. The highest BCUT2D eigenvalue weighted by Gasteiger charge is 2.29. The maximum atomic E-state index is 13.2. The Balaban J connectivity index is 1.70. The minimum absolute atomic E-state index is 0.0406. The van der Waals surface area contributed by atoms with E-state index in [1.165, 1.54) is 24.2 Å². The second-order valence-corrected chi connectivity index (χ2v) is 9.36. The van der Waals surface area contributed by atoms with Crippen LogP contribution in [0, 0.1) is 12.8 Å². The maximum absolute atomic E-state index is 13.2. The van der Waals surface area contributed by atoms with Gasteiger partial charge in [0.25, 0.3) is 11.5 Å². The fraction of sp³-hybridized carbons (Fsp3) is 0.667. The molecule has 0 atom stereocenters. The molecule has 5 nitrogen and oxygen atoms in total. The van der Waals surface area contributed by atoms with E-state index in [1.807, 2.05) is 23.4 Å². The van der Waals surface area contributed by atoms with Crippen LogP contribution in [0.4, 0.5) is 0 Å². The summed E-state index contributed by atoms with van der Waals surface area (Å²) in [5, 5.41) is 0.652. The molecule has 0 spiro atoms. The van der Waals surface area contributed by atoms with Gasteiger partial charge in [-0.2, -0.15) is 0 Å². The summed E-state index contributed by atoms with van der Waals surface area (Å²) < 4.78 is 1.84. The Kier molecular flexibility index (Phi) is 5.10. The van der Waals surface area contributed by atoms with Gasteiger partial charge in [-0.3, -0.25) is 14.2 Å². The van der Waals surface area contributed by atoms with E-state index < -0.39 is 0 Å². The molecule has 2 aromatic heterocycles. The molecule has 0 unspecified atom stereocenters. The van der Waals surface area contributed by atoms with Crippen molar-refractivity contribution in [2.75, 3.05) is 7.05 Å². The number of aromatic nitrogens is 2. The molecular formula is C21H29N3O2S. The molecule has 1 amide bonds. The van der Waals surface area contributed by atoms with Gasteiger partial charge in [-0.15, -0.1) is 11.3 Å². The van der Waals surface area contributed by atoms with Crippen molar-refractivity contribution in [3.8, 4) is 0 Å². The molecule has 2 aromatic rings. The summed E-state index contributed by atoms with van der Waals surface area (Å²) in [7, 11) is 1.92. The summed E-state index contributed by atoms with van der Waals surface area (Å²) in [6.45, 7) is 4.95. The normalized spacial score (nSPS) is 23.1. The second kappa shape index (κ2) is 7.38. The first kappa shape index (κ1) is 18.7. The number of hydrogen-bond donors (Lipinski definition) is 0. The van der Waals surface area contributed by atoms with Crippen LogP contribution in [-0.4, -0.2) is 33.4 Å². The van der Waals surface area contributed by atoms with Crippen molar-refractivity contribution in [2.45, 2.75) is 77.8 Å². The van der Waals surface area contributed by atoms with Gasteiger partial charge in [0, 0.05) is 26.1 Å². The van der Waals surface area contributed by atoms with Crippen LogP contribution >= 0.6 is 11.3 Å². The zero-order valence-electron chi connectivity index (χ0n) is 16.6. The number of aryl methyl sites for hydroxylation is 2. The van der Waals surface area contributed by atoms with E-state index in [0.29, 0.717) is 16.3 Å². The quantitative estimate of drug-likeness (QED) is 0.778. The van der Waals surface area contributed by atoms with Crippen LogP contribution in [0.15, 0.2) is 4.79 Å². The lowest BCUT2D eigenvalue weighted by Crippen LogP contribution is -2.39. The number of fused-ring (bicyclic) bond motifs is 2. The Bertz CT molecular complexity index is 922. The van der Waals surface area contributed by atoms with Gasteiger partial charge in [0.05, 0.1) is 10.3 Å². The van der Waals surface area contributed by atoms with Crippen molar-refractivity contribution >= 4 is 27.5 Å². The van der Waals surface area contributed by atoms with Crippen molar-refractivity contribution in [3.05, 3.63) is 26.6 Å². The molecule has 0 N–H and O–H groups in total. The number of thiophene rings is 1. The average Bonchev–Trinajstić information content (AvgIpc) is 2.83. The van der Waals surface area contributed by atoms with Crippen LogP contribution < -0.4 is 5.56 Å². The Labute approximate surface area is 164 Å². The summed E-state index contributed by atoms with van der Waals surface area (Å²) in [5.74, 6) is 1.70. The highest BCUT2D eigenvalue weighted by atomic mass is 32.1. The van der Waals surface area contributed by atoms with Crippen LogP contribution in [0.3, 0.4) is 0 Å². The summed E-state index contributed by atoms with van der Waals surface area (Å²) in [4.78, 5) is 34.4. The molecule has 1 aliphatic heterocycles. The van der Waals surface area contributed by atoms with Crippen LogP contribution in [0.2, 0.25) is 0 Å². The first-order chi connectivity index (χ1) is 13.0. The second-order valence-electron chi connectivity index (χ2n) is 8.36. The van der Waals surface area contributed by atoms with Crippen molar-refractivity contribution in [3.63, 3.8) is 0 Å². The van der Waals surface area contributed by atoms with E-state index >= 15 is 0 Å². The molecule has 0 aromatic carbocycles. The maximum Gasteiger partial charge on any atom is 0.264 e. The van der Waals surface area contributed by atoms with Crippen molar-refractivity contribution < 1.29 is 4.79 Å². The number of rotatable bonds is 2. The lowest BCUT2D eigenvalue weighted by atomic mass is 9.86. The van der Waals surface area contributed by atoms with E-state index in [9.17, 15) is 9.59 Å². The highest BCUT2D eigenvalue weighted by Crippen LogP contribution is 2.32. The third-order valence-electron chi connectivity index (χ3n) is 6.46. The Hall–Kier alpha value is -1.69. The molecule has 0 saturated heterocycles. The van der Waals surface area contributed by atoms with E-state index in [0.717, 1.165) is 67.2 Å². The van der Waals surface area contributed by atoms with Crippen LogP contribution in [0.1, 0.15) is 72.9 Å². The minimum atomic E-state index is 0.0406. The molecule has 1 aliphatic carbocycles. The smallest absolute Gasteiger partial charge is 0.264 e. The third-order valence-corrected chi connectivity index (χ3v) is 7.63. The van der Waals surface area contributed by atoms with E-state index in [2.05, 4.69) is 6.92 Å². The molecule has 1 saturated carbocycles. The number of nitrogens with zero attached hydrogens (tertiary/aromatic N) is 3. The molecule has 0 bridgehead atoms. The molecule has 1 fully saturated rings. The van der Waals surface area contributed by atoms with Gasteiger partial charge in [-0.05, 0) is 56.9 Å². The number of hydrogen-bond acceptors (Lipinski definition) is 4. The van der Waals surface area contributed by atoms with Gasteiger partial charge >= 0.3 is 0 Å². The summed E-state index contributed by atoms with van der Waals surface area (Å²) in [6.07, 6.45) is 8.61. The van der Waals surface area contributed by atoms with E-state index in [4.69, 9.17) is 4.98 Å². The molecule has 4 rings (SSSR count). The largest absolute Gasteiger partial charge is 0.338 e. The minimum Gasteiger partial charge on any atom is -0.338 e. The van der Waals surface area contributed by atoms with Crippen molar-refractivity contribution in [2.24, 2.45) is 5.92 Å². The standard InChI is InChI=1S/C21H29N3O2S/c1-13-8-10-15(11-9-13)23(3)21(26)18-14(2)17-19(27-18)22-16-7-5-4-6-12-24(16)20(17)25/h13,15H,4-12H2,1-3H3. The van der Waals surface area contributed by atoms with E-state index in [-0.39, 0.29) is 11.5 Å². The molecular weight excluding hydrogens is 358 g/mol. The lowest BCUT2D eigenvalue weighted by Gasteiger charge is -2.33. The topological polar surface area (TPSA) is 55.2 Å². The van der Waals surface area contributed by atoms with Crippen molar-refractivity contribution in [1.82, 2.24) is 14.5 Å². The molecule has 2 aliphatic rings. The van der Waals surface area contributed by atoms with Crippen LogP contribution in [0.5, 0.6) is 0 Å². The van der Waals surface area contributed by atoms with Gasteiger partial charge in [0.1, 0.15) is 10.7 Å². The molecule has 6 heteroatoms. The summed E-state index contributed by atoms with van der Waals surface area (Å²) in [5.41, 5.74) is 0.854. The fourth-order valence-electron chi connectivity index (χ4n) is 4.57. The predicted molar refractivity (Wildman–Crippen MR) is 110 cm³/mol. The fourth-order valence-corrected chi connectivity index (χ4v) is 5.74. The Morgan fingerprint density at radius 3 is 2.67 bits per heavy atom. The zero-order valence-corrected chi connectivity index (χ0v) is 17.4. The summed E-state index contributed by atoms with van der Waals surface area (Å²) >= 11 is 1.40. The molecule has 27 heavy (non-hydrogen) atoms. The highest BCUT2D eigenvalue weighted by molar-refractivity contribution is 7.20. The van der Waals surface area contributed by atoms with E-state index in [1.54, 1.807) is 0 Å². The third kappa shape index (κ3) is 3.33. The van der Waals surface area contributed by atoms with Gasteiger partial charge in [0.15, 0.2) is 0 Å². The van der Waals surface area contributed by atoms with Crippen LogP contribution in [0.25, 0.3) is 10.2 Å². The Morgan fingerprint density at radius 2 is 1.93 bits per heavy atom. The Morgan fingerprint density at radius 1 is 1.19 bits per heavy atom. The number of carbonyl (C=O) groups is 1. The zero-order chi connectivity index (χ0) is 19.1. The average molecular weight is 388 g/mol. The number of amides is 1. The first-order valence-electron chi connectivity index (χ1n) is 10.3.